The van der Waals surface area contributed by atoms with Gasteiger partial charge in [0.1, 0.15) is 17.2 Å². The molecule has 3 rings (SSSR count). The molecule has 0 bridgehead atoms. The number of anilines is 1. The molecule has 0 spiro atoms. The number of hydrogen-bond acceptors (Lipinski definition) is 5. The van der Waals surface area contributed by atoms with E-state index in [1.807, 2.05) is 18.9 Å². The summed E-state index contributed by atoms with van der Waals surface area (Å²) >= 11 is 0. The number of halogens is 1. The maximum atomic E-state index is 13.0. The van der Waals surface area contributed by atoms with Gasteiger partial charge in [-0.15, -0.1) is 0 Å². The van der Waals surface area contributed by atoms with Crippen LogP contribution in [0.15, 0.2) is 42.6 Å². The van der Waals surface area contributed by atoms with E-state index in [1.165, 1.54) is 12.1 Å². The summed E-state index contributed by atoms with van der Waals surface area (Å²) < 4.78 is 13.0. The molecule has 0 radical (unpaired) electrons. The van der Waals surface area contributed by atoms with Crippen molar-refractivity contribution in [2.24, 2.45) is 0 Å². The molecule has 0 aliphatic rings. The second-order valence-corrected chi connectivity index (χ2v) is 5.86. The number of hydrogen-bond donors (Lipinski definition) is 2. The molecule has 26 heavy (non-hydrogen) atoms. The van der Waals surface area contributed by atoms with Crippen molar-refractivity contribution in [1.29, 1.82) is 0 Å². The van der Waals surface area contributed by atoms with E-state index in [9.17, 15) is 14.3 Å². The van der Waals surface area contributed by atoms with Crippen LogP contribution in [0, 0.1) is 5.82 Å². The van der Waals surface area contributed by atoms with Crippen LogP contribution in [0.2, 0.25) is 0 Å². The van der Waals surface area contributed by atoms with Crippen molar-refractivity contribution in [3.8, 4) is 5.75 Å². The zero-order valence-corrected chi connectivity index (χ0v) is 14.5. The molecule has 6 nitrogen and oxygen atoms in total. The van der Waals surface area contributed by atoms with Gasteiger partial charge >= 0.3 is 0 Å². The van der Waals surface area contributed by atoms with Gasteiger partial charge in [-0.2, -0.15) is 0 Å². The molecular formula is C19H19FN4O2. The number of benzene rings is 1. The van der Waals surface area contributed by atoms with Crippen LogP contribution in [0.1, 0.15) is 23.0 Å². The van der Waals surface area contributed by atoms with Gasteiger partial charge in [0.05, 0.1) is 0 Å². The Morgan fingerprint density at radius 2 is 2.00 bits per heavy atom. The molecule has 2 N–H and O–H groups in total. The average molecular weight is 354 g/mol. The van der Waals surface area contributed by atoms with Gasteiger partial charge in [0.25, 0.3) is 5.91 Å². The molecule has 0 unspecified atom stereocenters. The smallest absolute Gasteiger partial charge is 0.274 e. The molecule has 0 saturated carbocycles. The Bertz CT molecular complexity index is 944. The number of nitrogens with one attached hydrogen (secondary N) is 1. The van der Waals surface area contributed by atoms with E-state index < -0.39 is 5.91 Å². The van der Waals surface area contributed by atoms with Gasteiger partial charge in [0.2, 0.25) is 0 Å². The quantitative estimate of drug-likeness (QED) is 0.737. The minimum Gasteiger partial charge on any atom is -0.504 e. The zero-order chi connectivity index (χ0) is 18.7. The van der Waals surface area contributed by atoms with Crippen molar-refractivity contribution < 1.29 is 14.3 Å². The summed E-state index contributed by atoms with van der Waals surface area (Å²) in [6.45, 7) is 2.84. The van der Waals surface area contributed by atoms with Gasteiger partial charge in [-0.1, -0.05) is 12.1 Å². The summed E-state index contributed by atoms with van der Waals surface area (Å²) in [6, 6.07) is 9.38. The third-order valence-corrected chi connectivity index (χ3v) is 4.13. The summed E-state index contributed by atoms with van der Waals surface area (Å²) in [4.78, 5) is 23.0. The highest BCUT2D eigenvalue weighted by molar-refractivity contribution is 6.03. The fourth-order valence-corrected chi connectivity index (χ4v) is 2.57. The minimum absolute atomic E-state index is 0.0892. The number of aromatic nitrogens is 2. The highest BCUT2D eigenvalue weighted by Gasteiger charge is 2.21. The number of rotatable bonds is 5. The molecule has 3 aromatic rings. The average Bonchev–Trinajstić information content (AvgIpc) is 2.67. The topological polar surface area (TPSA) is 78.4 Å². The van der Waals surface area contributed by atoms with Crippen molar-refractivity contribution in [1.82, 2.24) is 15.3 Å². The fourth-order valence-electron chi connectivity index (χ4n) is 2.57. The fraction of sp³-hybridized carbons (Fsp3) is 0.211. The molecule has 2 aromatic heterocycles. The number of pyridine rings is 2. The molecule has 0 fully saturated rings. The highest BCUT2D eigenvalue weighted by atomic mass is 19.1. The number of nitrogens with zero attached hydrogens (tertiary/aromatic N) is 3. The molecule has 2 heterocycles. The number of fused-ring (bicyclic) bond motifs is 1. The maximum Gasteiger partial charge on any atom is 0.274 e. The van der Waals surface area contributed by atoms with Crippen LogP contribution in [0.25, 0.3) is 10.9 Å². The van der Waals surface area contributed by atoms with Crippen LogP contribution in [-0.2, 0) is 6.54 Å². The van der Waals surface area contributed by atoms with Crippen LogP contribution in [0.5, 0.6) is 5.75 Å². The molecule has 0 atom stereocenters. The molecule has 0 aliphatic carbocycles. The summed E-state index contributed by atoms with van der Waals surface area (Å²) in [5.74, 6) is -0.553. The number of carbonyl (C=O) groups excluding carboxylic acids is 1. The Morgan fingerprint density at radius 3 is 2.69 bits per heavy atom. The van der Waals surface area contributed by atoms with Crippen LogP contribution >= 0.6 is 0 Å². The lowest BCUT2D eigenvalue weighted by molar-refractivity contribution is 0.0943. The van der Waals surface area contributed by atoms with Crippen molar-refractivity contribution in [2.75, 3.05) is 18.5 Å². The van der Waals surface area contributed by atoms with Crippen LogP contribution in [0.4, 0.5) is 10.2 Å². The van der Waals surface area contributed by atoms with E-state index in [0.29, 0.717) is 23.3 Å². The lowest BCUT2D eigenvalue weighted by Crippen LogP contribution is -2.26. The molecular weight excluding hydrogens is 335 g/mol. The van der Waals surface area contributed by atoms with Crippen LogP contribution in [-0.4, -0.2) is 34.6 Å². The van der Waals surface area contributed by atoms with Gasteiger partial charge in [-0.25, -0.2) is 9.37 Å². The molecule has 1 amide bonds. The molecule has 7 heteroatoms. The Morgan fingerprint density at radius 1 is 1.27 bits per heavy atom. The van der Waals surface area contributed by atoms with E-state index >= 15 is 0 Å². The molecule has 1 aromatic carbocycles. The third-order valence-electron chi connectivity index (χ3n) is 4.13. The first-order valence-electron chi connectivity index (χ1n) is 8.22. The largest absolute Gasteiger partial charge is 0.504 e. The van der Waals surface area contributed by atoms with Crippen molar-refractivity contribution >= 4 is 22.6 Å². The first-order valence-corrected chi connectivity index (χ1v) is 8.22. The Hall–Kier alpha value is -3.22. The van der Waals surface area contributed by atoms with Crippen LogP contribution in [0.3, 0.4) is 0 Å². The number of amides is 1. The minimum atomic E-state index is -0.523. The first kappa shape index (κ1) is 17.6. The molecule has 134 valence electrons. The zero-order valence-electron chi connectivity index (χ0n) is 14.5. The predicted octanol–water partition coefficient (Wildman–Crippen LogP) is 2.86. The van der Waals surface area contributed by atoms with Crippen molar-refractivity contribution in [2.45, 2.75) is 13.5 Å². The second-order valence-electron chi connectivity index (χ2n) is 5.86. The molecule has 0 saturated heterocycles. The Balaban J connectivity index is 1.94. The van der Waals surface area contributed by atoms with Gasteiger partial charge in [0, 0.05) is 31.7 Å². The third kappa shape index (κ3) is 3.42. The van der Waals surface area contributed by atoms with E-state index in [4.69, 9.17) is 0 Å². The SMILES string of the molecule is CCN(C)c1nc(C(=O)NCc2ccc(F)cc2)c(O)c2ncccc12. The standard InChI is InChI=1S/C19H19FN4O2/c1-3-24(2)18-14-5-4-10-21-15(14)17(25)16(23-18)19(26)22-11-12-6-8-13(20)9-7-12/h4-10,25H,3,11H2,1-2H3,(H,22,26). The monoisotopic (exact) mass is 354 g/mol. The summed E-state index contributed by atoms with van der Waals surface area (Å²) in [5, 5.41) is 13.8. The van der Waals surface area contributed by atoms with E-state index in [-0.39, 0.29) is 23.8 Å². The van der Waals surface area contributed by atoms with E-state index in [2.05, 4.69) is 15.3 Å². The van der Waals surface area contributed by atoms with Gasteiger partial charge in [-0.05, 0) is 36.8 Å². The highest BCUT2D eigenvalue weighted by Crippen LogP contribution is 2.31. The lowest BCUT2D eigenvalue weighted by atomic mass is 10.1. The number of carbonyl (C=O) groups is 1. The second kappa shape index (κ2) is 7.35. The van der Waals surface area contributed by atoms with E-state index in [0.717, 1.165) is 5.56 Å². The van der Waals surface area contributed by atoms with Crippen LogP contribution < -0.4 is 10.2 Å². The summed E-state index contributed by atoms with van der Waals surface area (Å²) in [6.07, 6.45) is 1.55. The van der Waals surface area contributed by atoms with Crippen molar-refractivity contribution in [3.63, 3.8) is 0 Å². The normalized spacial score (nSPS) is 10.7. The van der Waals surface area contributed by atoms with Crippen molar-refractivity contribution in [3.05, 3.63) is 59.7 Å². The first-order chi connectivity index (χ1) is 12.5. The maximum absolute atomic E-state index is 13.0. The predicted molar refractivity (Wildman–Crippen MR) is 97.7 cm³/mol. The molecule has 0 aliphatic heterocycles. The summed E-state index contributed by atoms with van der Waals surface area (Å²) in [5.41, 5.74) is 0.974. The summed E-state index contributed by atoms with van der Waals surface area (Å²) in [7, 11) is 1.85. The van der Waals surface area contributed by atoms with Gasteiger partial charge in [-0.3, -0.25) is 9.78 Å². The number of aromatic hydroxyl groups is 1. The van der Waals surface area contributed by atoms with E-state index in [1.54, 1.807) is 30.5 Å². The Kier molecular flexibility index (Phi) is 4.97. The van der Waals surface area contributed by atoms with Gasteiger partial charge < -0.3 is 15.3 Å². The van der Waals surface area contributed by atoms with Gasteiger partial charge in [0.15, 0.2) is 11.4 Å². The Labute approximate surface area is 150 Å². The lowest BCUT2D eigenvalue weighted by Gasteiger charge is -2.19.